The fourth-order valence-corrected chi connectivity index (χ4v) is 10.7. The van der Waals surface area contributed by atoms with Crippen LogP contribution in [0.15, 0.2) is 60.2 Å². The number of carbonyl (C=O) groups excluding carboxylic acids is 3. The topological polar surface area (TPSA) is 114 Å². The quantitative estimate of drug-likeness (QED) is 0.218. The van der Waals surface area contributed by atoms with Crippen LogP contribution in [0.1, 0.15) is 84.0 Å². The summed E-state index contributed by atoms with van der Waals surface area (Å²) in [5, 5.41) is 9.85. The van der Waals surface area contributed by atoms with E-state index in [0.717, 1.165) is 119 Å². The van der Waals surface area contributed by atoms with E-state index in [1.807, 2.05) is 18.2 Å². The molecule has 11 nitrogen and oxygen atoms in total. The van der Waals surface area contributed by atoms with Gasteiger partial charge in [-0.1, -0.05) is 23.8 Å². The first-order valence-electron chi connectivity index (χ1n) is 21.4. The van der Waals surface area contributed by atoms with E-state index in [0.29, 0.717) is 35.8 Å². The Labute approximate surface area is 338 Å². The minimum absolute atomic E-state index is 0.127. The van der Waals surface area contributed by atoms with Crippen LogP contribution in [-0.2, 0) is 27.3 Å². The Morgan fingerprint density at radius 1 is 0.776 bits per heavy atom. The van der Waals surface area contributed by atoms with Crippen molar-refractivity contribution in [1.82, 2.24) is 25.3 Å². The van der Waals surface area contributed by atoms with Crippen LogP contribution in [0.5, 0.6) is 0 Å². The van der Waals surface area contributed by atoms with Gasteiger partial charge in [0.05, 0.1) is 10.9 Å². The molecule has 12 heteroatoms. The first-order chi connectivity index (χ1) is 28.4. The largest absolute Gasteiger partial charge is 0.381 e. The lowest BCUT2D eigenvalue weighted by atomic mass is 9.81. The summed E-state index contributed by atoms with van der Waals surface area (Å²) in [6.07, 6.45) is 7.90. The predicted octanol–water partition coefficient (Wildman–Crippen LogP) is 6.07. The van der Waals surface area contributed by atoms with Gasteiger partial charge in [0, 0.05) is 88.9 Å². The lowest BCUT2D eigenvalue weighted by Crippen LogP contribution is -2.52. The molecule has 4 aromatic rings. The van der Waals surface area contributed by atoms with Crippen LogP contribution in [0.2, 0.25) is 0 Å². The number of nitrogens with zero attached hydrogens (tertiary/aromatic N) is 5. The molecule has 58 heavy (non-hydrogen) atoms. The molecule has 2 N–H and O–H groups in total. The SMILES string of the molecule is O=C1CC[C@H](N2Cc3cc(N4CCN(CC5CCN(c6ccc(C7=C(C8CCOCC8)CCCc8c7ccc7[nH]nc(F)c87)cc6)CC5)CC4)ccc3C2=O)C(=O)N1. The number of amides is 3. The lowest BCUT2D eigenvalue weighted by Gasteiger charge is -2.40. The van der Waals surface area contributed by atoms with Gasteiger partial charge in [0.25, 0.3) is 5.91 Å². The molecule has 0 saturated carbocycles. The Bertz CT molecular complexity index is 2260. The van der Waals surface area contributed by atoms with Gasteiger partial charge in [-0.25, -0.2) is 0 Å². The van der Waals surface area contributed by atoms with Gasteiger partial charge in [0.15, 0.2) is 0 Å². The van der Waals surface area contributed by atoms with Crippen molar-refractivity contribution < 1.29 is 23.5 Å². The fraction of sp³-hybridized carbons (Fsp3) is 0.478. The van der Waals surface area contributed by atoms with Gasteiger partial charge in [-0.3, -0.25) is 29.7 Å². The van der Waals surface area contributed by atoms with Crippen LogP contribution in [0.4, 0.5) is 15.8 Å². The second kappa shape index (κ2) is 15.6. The second-order valence-electron chi connectivity index (χ2n) is 17.2. The number of nitrogens with one attached hydrogen (secondary N) is 2. The van der Waals surface area contributed by atoms with Gasteiger partial charge in [-0.15, -0.1) is 5.10 Å². The van der Waals surface area contributed by atoms with E-state index >= 15 is 4.39 Å². The average Bonchev–Trinajstić information content (AvgIpc) is 3.72. The van der Waals surface area contributed by atoms with Crippen molar-refractivity contribution in [3.63, 3.8) is 0 Å². The molecule has 4 saturated heterocycles. The number of piperidine rings is 2. The maximum Gasteiger partial charge on any atom is 0.255 e. The Morgan fingerprint density at radius 3 is 2.29 bits per heavy atom. The van der Waals surface area contributed by atoms with Crippen LogP contribution in [0, 0.1) is 17.8 Å². The van der Waals surface area contributed by atoms with Gasteiger partial charge < -0.3 is 19.4 Å². The Balaban J connectivity index is 0.760. The number of rotatable bonds is 7. The summed E-state index contributed by atoms with van der Waals surface area (Å²) in [5.41, 5.74) is 11.0. The third kappa shape index (κ3) is 6.97. The molecule has 0 unspecified atom stereocenters. The van der Waals surface area contributed by atoms with E-state index in [9.17, 15) is 14.4 Å². The van der Waals surface area contributed by atoms with Crippen molar-refractivity contribution in [2.75, 3.05) is 68.8 Å². The predicted molar refractivity (Wildman–Crippen MR) is 221 cm³/mol. The summed E-state index contributed by atoms with van der Waals surface area (Å²) in [5.74, 6) is -0.0296. The van der Waals surface area contributed by atoms with Crippen LogP contribution in [-0.4, -0.2) is 103 Å². The maximum atomic E-state index is 15.1. The highest BCUT2D eigenvalue weighted by Crippen LogP contribution is 2.43. The third-order valence-corrected chi connectivity index (χ3v) is 13.9. The Kier molecular flexibility index (Phi) is 10.0. The minimum Gasteiger partial charge on any atom is -0.381 e. The number of imide groups is 1. The molecule has 10 rings (SSSR count). The van der Waals surface area contributed by atoms with E-state index in [-0.39, 0.29) is 24.1 Å². The summed E-state index contributed by atoms with van der Waals surface area (Å²) < 4.78 is 20.8. The van der Waals surface area contributed by atoms with Crippen LogP contribution >= 0.6 is 0 Å². The number of carbonyl (C=O) groups is 3. The van der Waals surface area contributed by atoms with Gasteiger partial charge >= 0.3 is 0 Å². The number of benzene rings is 3. The molecule has 5 aliphatic heterocycles. The van der Waals surface area contributed by atoms with Crippen LogP contribution in [0.3, 0.4) is 0 Å². The summed E-state index contributed by atoms with van der Waals surface area (Å²) in [6, 6.07) is 18.9. The fourth-order valence-electron chi connectivity index (χ4n) is 10.7. The van der Waals surface area contributed by atoms with Gasteiger partial charge in [0.1, 0.15) is 6.04 Å². The number of aromatic nitrogens is 2. The second-order valence-corrected chi connectivity index (χ2v) is 17.2. The molecule has 1 atom stereocenters. The summed E-state index contributed by atoms with van der Waals surface area (Å²) >= 11 is 0. The van der Waals surface area contributed by atoms with Gasteiger partial charge in [0.2, 0.25) is 17.8 Å². The van der Waals surface area contributed by atoms with E-state index in [4.69, 9.17) is 4.74 Å². The molecule has 3 amide bonds. The number of fused-ring (bicyclic) bond motifs is 4. The summed E-state index contributed by atoms with van der Waals surface area (Å²) in [7, 11) is 0. The van der Waals surface area contributed by atoms with Crippen molar-refractivity contribution in [1.29, 1.82) is 0 Å². The van der Waals surface area contributed by atoms with E-state index < -0.39 is 12.0 Å². The molecular formula is C46H52FN7O4. The zero-order chi connectivity index (χ0) is 39.3. The molecule has 1 aromatic heterocycles. The Hall–Kier alpha value is -5.07. The Morgan fingerprint density at radius 2 is 1.52 bits per heavy atom. The lowest BCUT2D eigenvalue weighted by molar-refractivity contribution is -0.136. The molecule has 6 heterocycles. The summed E-state index contributed by atoms with van der Waals surface area (Å²) in [4.78, 5) is 46.5. The van der Waals surface area contributed by atoms with E-state index in [1.54, 1.807) is 4.90 Å². The summed E-state index contributed by atoms with van der Waals surface area (Å²) in [6.45, 7) is 9.10. The third-order valence-electron chi connectivity index (χ3n) is 13.9. The van der Waals surface area contributed by atoms with Crippen molar-refractivity contribution in [2.45, 2.75) is 70.4 Å². The van der Waals surface area contributed by atoms with Gasteiger partial charge in [-0.05, 0) is 127 Å². The number of halogens is 1. The standard InChI is InChI=1S/C46H52FN7O4/c47-44-43-37-3-1-2-35(30-16-24-58-25-17-30)42(38(37)10-11-39(43)49-50-44)31-4-6-33(7-5-31)52-18-14-29(15-19-52)27-51-20-22-53(23-21-51)34-8-9-36-32(26-34)28-54(46(36)57)40-12-13-41(55)48-45(40)56/h4-11,26,29-30,40H,1-3,12-25,27-28H2,(H,49,50)(H,48,55,56)/t40-/m0/s1. The molecule has 0 spiro atoms. The van der Waals surface area contributed by atoms with E-state index in [1.165, 1.54) is 35.2 Å². The monoisotopic (exact) mass is 785 g/mol. The molecule has 302 valence electrons. The average molecular weight is 786 g/mol. The highest BCUT2D eigenvalue weighted by atomic mass is 19.1. The molecular weight excluding hydrogens is 734 g/mol. The maximum absolute atomic E-state index is 15.1. The number of hydrogen-bond acceptors (Lipinski definition) is 8. The normalized spacial score (nSPS) is 22.7. The zero-order valence-electron chi connectivity index (χ0n) is 33.1. The zero-order valence-corrected chi connectivity index (χ0v) is 33.1. The number of piperazine rings is 1. The van der Waals surface area contributed by atoms with Crippen LogP contribution < -0.4 is 15.1 Å². The number of aromatic amines is 1. The number of hydrogen-bond donors (Lipinski definition) is 2. The van der Waals surface area contributed by atoms with E-state index in [2.05, 4.69) is 66.6 Å². The molecule has 6 aliphatic rings. The smallest absolute Gasteiger partial charge is 0.255 e. The van der Waals surface area contributed by atoms with Gasteiger partial charge in [-0.2, -0.15) is 4.39 Å². The molecule has 0 radical (unpaired) electrons. The number of aryl methyl sites for hydroxylation is 1. The first-order valence-corrected chi connectivity index (χ1v) is 21.4. The molecule has 1 aliphatic carbocycles. The molecule has 4 fully saturated rings. The molecule has 0 bridgehead atoms. The minimum atomic E-state index is -0.593. The highest BCUT2D eigenvalue weighted by molar-refractivity contribution is 6.05. The van der Waals surface area contributed by atoms with Crippen molar-refractivity contribution >= 4 is 45.6 Å². The van der Waals surface area contributed by atoms with Crippen molar-refractivity contribution in [2.24, 2.45) is 11.8 Å². The first kappa shape index (κ1) is 37.2. The number of anilines is 2. The molecule has 3 aromatic carbocycles. The highest BCUT2D eigenvalue weighted by Gasteiger charge is 2.39. The van der Waals surface area contributed by atoms with Crippen molar-refractivity contribution in [3.05, 3.63) is 93.9 Å². The number of ether oxygens (including phenoxy) is 1. The van der Waals surface area contributed by atoms with Crippen molar-refractivity contribution in [3.8, 4) is 0 Å². The number of allylic oxidation sites excluding steroid dienone is 1. The number of H-pyrrole nitrogens is 1. The van der Waals surface area contributed by atoms with Crippen LogP contribution in [0.25, 0.3) is 16.5 Å².